The van der Waals surface area contributed by atoms with Crippen LogP contribution in [0.15, 0.2) is 24.9 Å². The van der Waals surface area contributed by atoms with Crippen LogP contribution in [0.5, 0.6) is 0 Å². The summed E-state index contributed by atoms with van der Waals surface area (Å²) in [6.07, 6.45) is -1.21. The lowest BCUT2D eigenvalue weighted by atomic mass is 10.3. The molecule has 1 aromatic rings. The normalized spacial score (nSPS) is 11.4. The topological polar surface area (TPSA) is 34.1 Å². The summed E-state index contributed by atoms with van der Waals surface area (Å²) in [6.45, 7) is 4.93. The van der Waals surface area contributed by atoms with E-state index in [0.717, 1.165) is 18.7 Å². The SMILES string of the molecule is C=CCCOCCNc1ncc(C(F)(F)F)cc1Cl. The Morgan fingerprint density at radius 2 is 2.16 bits per heavy atom. The molecular formula is C12H14ClF3N2O. The number of ether oxygens (including phenoxy) is 1. The average molecular weight is 295 g/mol. The number of hydrogen-bond acceptors (Lipinski definition) is 3. The largest absolute Gasteiger partial charge is 0.417 e. The average Bonchev–Trinajstić information content (AvgIpc) is 2.34. The first kappa shape index (κ1) is 15.8. The summed E-state index contributed by atoms with van der Waals surface area (Å²) >= 11 is 5.72. The quantitative estimate of drug-likeness (QED) is 0.614. The monoisotopic (exact) mass is 294 g/mol. The van der Waals surface area contributed by atoms with E-state index < -0.39 is 11.7 Å². The van der Waals surface area contributed by atoms with Gasteiger partial charge in [0.25, 0.3) is 0 Å². The van der Waals surface area contributed by atoms with Gasteiger partial charge in [-0.05, 0) is 12.5 Å². The van der Waals surface area contributed by atoms with E-state index in [9.17, 15) is 13.2 Å². The molecule has 3 nitrogen and oxygen atoms in total. The molecule has 0 fully saturated rings. The van der Waals surface area contributed by atoms with Crippen molar-refractivity contribution in [2.45, 2.75) is 12.6 Å². The molecule has 0 saturated carbocycles. The molecule has 0 atom stereocenters. The fourth-order valence-electron chi connectivity index (χ4n) is 1.23. The predicted octanol–water partition coefficient (Wildman–Crippen LogP) is 3.76. The Labute approximate surface area is 114 Å². The van der Waals surface area contributed by atoms with Crippen LogP contribution in [-0.4, -0.2) is 24.7 Å². The molecule has 0 bridgehead atoms. The third-order valence-corrected chi connectivity index (χ3v) is 2.46. The molecule has 0 amide bonds. The molecule has 19 heavy (non-hydrogen) atoms. The van der Waals surface area contributed by atoms with Gasteiger partial charge in [-0.3, -0.25) is 0 Å². The van der Waals surface area contributed by atoms with Crippen LogP contribution in [0.1, 0.15) is 12.0 Å². The van der Waals surface area contributed by atoms with Crippen molar-refractivity contribution in [2.75, 3.05) is 25.1 Å². The first-order valence-corrected chi connectivity index (χ1v) is 5.98. The summed E-state index contributed by atoms with van der Waals surface area (Å²) in [4.78, 5) is 3.64. The second-order valence-electron chi connectivity index (χ2n) is 3.67. The first-order chi connectivity index (χ1) is 8.95. The maximum atomic E-state index is 12.4. The molecule has 0 aliphatic heterocycles. The molecule has 1 N–H and O–H groups in total. The van der Waals surface area contributed by atoms with Crippen molar-refractivity contribution in [2.24, 2.45) is 0 Å². The van der Waals surface area contributed by atoms with E-state index in [1.165, 1.54) is 0 Å². The summed E-state index contributed by atoms with van der Waals surface area (Å²) in [6, 6.07) is 0.843. The molecule has 7 heteroatoms. The number of nitrogens with zero attached hydrogens (tertiary/aromatic N) is 1. The van der Waals surface area contributed by atoms with Crippen LogP contribution < -0.4 is 5.32 Å². The number of halogens is 4. The number of alkyl halides is 3. The van der Waals surface area contributed by atoms with Gasteiger partial charge >= 0.3 is 6.18 Å². The highest BCUT2D eigenvalue weighted by Crippen LogP contribution is 2.32. The highest BCUT2D eigenvalue weighted by atomic mass is 35.5. The standard InChI is InChI=1S/C12H14ClF3N2O/c1-2-3-5-19-6-4-17-11-10(13)7-9(8-18-11)12(14,15)16/h2,7-8H,1,3-6H2,(H,17,18). The molecule has 0 aliphatic carbocycles. The molecule has 1 heterocycles. The van der Waals surface area contributed by atoms with Gasteiger partial charge in [-0.25, -0.2) is 4.98 Å². The molecule has 1 aromatic heterocycles. The van der Waals surface area contributed by atoms with Crippen LogP contribution in [0, 0.1) is 0 Å². The van der Waals surface area contributed by atoms with E-state index in [4.69, 9.17) is 16.3 Å². The van der Waals surface area contributed by atoms with Gasteiger partial charge in [0.15, 0.2) is 0 Å². The van der Waals surface area contributed by atoms with E-state index in [1.807, 2.05) is 0 Å². The van der Waals surface area contributed by atoms with E-state index in [2.05, 4.69) is 16.9 Å². The van der Waals surface area contributed by atoms with Crippen molar-refractivity contribution in [3.8, 4) is 0 Å². The van der Waals surface area contributed by atoms with Gasteiger partial charge in [-0.2, -0.15) is 13.2 Å². The van der Waals surface area contributed by atoms with E-state index in [0.29, 0.717) is 19.8 Å². The Kier molecular flexibility index (Phi) is 6.11. The Bertz CT molecular complexity index is 424. The number of aromatic nitrogens is 1. The van der Waals surface area contributed by atoms with Crippen molar-refractivity contribution >= 4 is 17.4 Å². The van der Waals surface area contributed by atoms with E-state index >= 15 is 0 Å². The highest BCUT2D eigenvalue weighted by molar-refractivity contribution is 6.32. The van der Waals surface area contributed by atoms with Crippen LogP contribution >= 0.6 is 11.6 Å². The van der Waals surface area contributed by atoms with Gasteiger partial charge in [-0.1, -0.05) is 17.7 Å². The number of nitrogens with one attached hydrogen (secondary N) is 1. The minimum absolute atomic E-state index is 0.0686. The lowest BCUT2D eigenvalue weighted by Gasteiger charge is -2.10. The fourth-order valence-corrected chi connectivity index (χ4v) is 1.47. The number of anilines is 1. The molecule has 1 rings (SSSR count). The van der Waals surface area contributed by atoms with Gasteiger partial charge in [0.1, 0.15) is 5.82 Å². The Balaban J connectivity index is 2.45. The van der Waals surface area contributed by atoms with Gasteiger partial charge in [0.05, 0.1) is 23.8 Å². The number of hydrogen-bond donors (Lipinski definition) is 1. The number of rotatable bonds is 7. The predicted molar refractivity (Wildman–Crippen MR) is 68.4 cm³/mol. The summed E-state index contributed by atoms with van der Waals surface area (Å²) in [5.74, 6) is 0.210. The summed E-state index contributed by atoms with van der Waals surface area (Å²) in [7, 11) is 0. The lowest BCUT2D eigenvalue weighted by Crippen LogP contribution is -2.12. The van der Waals surface area contributed by atoms with Crippen LogP contribution in [0.2, 0.25) is 5.02 Å². The van der Waals surface area contributed by atoms with Gasteiger partial charge in [0, 0.05) is 12.7 Å². The molecular weight excluding hydrogens is 281 g/mol. The van der Waals surface area contributed by atoms with Gasteiger partial charge in [-0.15, -0.1) is 6.58 Å². The third-order valence-electron chi connectivity index (χ3n) is 2.17. The molecule has 106 valence electrons. The molecule has 0 aromatic carbocycles. The van der Waals surface area contributed by atoms with E-state index in [-0.39, 0.29) is 10.8 Å². The maximum absolute atomic E-state index is 12.4. The fraction of sp³-hybridized carbons (Fsp3) is 0.417. The smallest absolute Gasteiger partial charge is 0.379 e. The maximum Gasteiger partial charge on any atom is 0.417 e. The molecule has 0 aliphatic rings. The Morgan fingerprint density at radius 3 is 2.74 bits per heavy atom. The second kappa shape index (κ2) is 7.35. The van der Waals surface area contributed by atoms with Crippen molar-refractivity contribution in [1.82, 2.24) is 4.98 Å². The second-order valence-corrected chi connectivity index (χ2v) is 4.08. The van der Waals surface area contributed by atoms with Crippen molar-refractivity contribution < 1.29 is 17.9 Å². The van der Waals surface area contributed by atoms with Crippen molar-refractivity contribution in [3.05, 3.63) is 35.5 Å². The van der Waals surface area contributed by atoms with Crippen LogP contribution in [0.3, 0.4) is 0 Å². The Morgan fingerprint density at radius 1 is 1.42 bits per heavy atom. The lowest BCUT2D eigenvalue weighted by molar-refractivity contribution is -0.137. The van der Waals surface area contributed by atoms with E-state index in [1.54, 1.807) is 6.08 Å². The summed E-state index contributed by atoms with van der Waals surface area (Å²) in [5, 5.41) is 2.74. The van der Waals surface area contributed by atoms with Crippen LogP contribution in [0.25, 0.3) is 0 Å². The Hall–Kier alpha value is -1.27. The van der Waals surface area contributed by atoms with Gasteiger partial charge in [0.2, 0.25) is 0 Å². The molecule has 0 saturated heterocycles. The van der Waals surface area contributed by atoms with Crippen LogP contribution in [-0.2, 0) is 10.9 Å². The molecule has 0 spiro atoms. The van der Waals surface area contributed by atoms with Crippen molar-refractivity contribution in [1.29, 1.82) is 0 Å². The molecule has 0 radical (unpaired) electrons. The van der Waals surface area contributed by atoms with Crippen LogP contribution in [0.4, 0.5) is 19.0 Å². The zero-order valence-corrected chi connectivity index (χ0v) is 10.9. The minimum atomic E-state index is -4.44. The summed E-state index contributed by atoms with van der Waals surface area (Å²) < 4.78 is 42.4. The first-order valence-electron chi connectivity index (χ1n) is 5.60. The highest BCUT2D eigenvalue weighted by Gasteiger charge is 2.31. The molecule has 0 unspecified atom stereocenters. The van der Waals surface area contributed by atoms with Crippen molar-refractivity contribution in [3.63, 3.8) is 0 Å². The zero-order chi connectivity index (χ0) is 14.3. The summed E-state index contributed by atoms with van der Waals surface area (Å²) in [5.41, 5.74) is -0.870. The minimum Gasteiger partial charge on any atom is -0.379 e. The van der Waals surface area contributed by atoms with Gasteiger partial charge < -0.3 is 10.1 Å². The number of pyridine rings is 1. The third kappa shape index (κ3) is 5.48. The zero-order valence-electron chi connectivity index (χ0n) is 10.1.